The minimum absolute atomic E-state index is 0.0755. The highest BCUT2D eigenvalue weighted by molar-refractivity contribution is 5.36. The van der Waals surface area contributed by atoms with Crippen molar-refractivity contribution in [3.8, 4) is 0 Å². The lowest BCUT2D eigenvalue weighted by Crippen LogP contribution is -2.57. The zero-order valence-electron chi connectivity index (χ0n) is 14.7. The van der Waals surface area contributed by atoms with Gasteiger partial charge in [0, 0.05) is 5.41 Å². The molecule has 0 amide bonds. The molecular formula is C20H32O2. The van der Waals surface area contributed by atoms with Crippen molar-refractivity contribution in [3.05, 3.63) is 23.3 Å². The maximum Gasteiger partial charge on any atom is 0.0940 e. The summed E-state index contributed by atoms with van der Waals surface area (Å²) in [7, 11) is 0. The van der Waals surface area contributed by atoms with Gasteiger partial charge in [-0.25, -0.2) is 0 Å². The summed E-state index contributed by atoms with van der Waals surface area (Å²) in [6, 6.07) is 0. The van der Waals surface area contributed by atoms with Gasteiger partial charge in [-0.3, -0.25) is 0 Å². The molecule has 3 rings (SSSR count). The Bertz CT molecular complexity index is 532. The lowest BCUT2D eigenvalue weighted by molar-refractivity contribution is -0.144. The van der Waals surface area contributed by atoms with Crippen LogP contribution in [0.5, 0.6) is 0 Å². The first-order valence-corrected chi connectivity index (χ1v) is 8.95. The maximum absolute atomic E-state index is 11.6. The van der Waals surface area contributed by atoms with Crippen molar-refractivity contribution in [2.24, 2.45) is 16.7 Å². The molecule has 4 atom stereocenters. The third-order valence-corrected chi connectivity index (χ3v) is 7.28. The van der Waals surface area contributed by atoms with Crippen LogP contribution in [0, 0.1) is 16.7 Å². The largest absolute Gasteiger partial charge is 0.392 e. The van der Waals surface area contributed by atoms with Crippen molar-refractivity contribution < 1.29 is 10.2 Å². The normalized spacial score (nSPS) is 45.8. The molecule has 0 spiro atoms. The van der Waals surface area contributed by atoms with Crippen molar-refractivity contribution in [1.29, 1.82) is 0 Å². The van der Waals surface area contributed by atoms with E-state index in [1.54, 1.807) is 11.1 Å². The number of fused-ring (bicyclic) bond motifs is 2. The van der Waals surface area contributed by atoms with E-state index in [0.717, 1.165) is 44.1 Å². The van der Waals surface area contributed by atoms with Gasteiger partial charge in [-0.2, -0.15) is 0 Å². The van der Waals surface area contributed by atoms with Crippen LogP contribution in [-0.4, -0.2) is 21.9 Å². The predicted octanol–water partition coefficient (Wildman–Crippen LogP) is 4.37. The van der Waals surface area contributed by atoms with Gasteiger partial charge in [0.05, 0.1) is 11.7 Å². The molecule has 0 aromatic carbocycles. The highest BCUT2D eigenvalue weighted by atomic mass is 16.3. The van der Waals surface area contributed by atoms with Crippen LogP contribution in [0.4, 0.5) is 0 Å². The molecule has 124 valence electrons. The predicted molar refractivity (Wildman–Crippen MR) is 90.5 cm³/mol. The average Bonchev–Trinajstić information content (AvgIpc) is 2.72. The molecule has 2 fully saturated rings. The second-order valence-corrected chi connectivity index (χ2v) is 8.83. The van der Waals surface area contributed by atoms with Crippen LogP contribution in [0.2, 0.25) is 0 Å². The number of allylic oxidation sites excluding steroid dienone is 2. The number of hydrogen-bond acceptors (Lipinski definition) is 2. The third-order valence-electron chi connectivity index (χ3n) is 7.28. The smallest absolute Gasteiger partial charge is 0.0940 e. The standard InChI is InChI=1S/C20H32O2/c1-13(2)15-8-10-18(4)12-20(22)14(3)6-7-17(21)19(20,5)11-9-16(15)18/h13,17,21-22H,3,6-12H2,1-2,4-5H3/t17-,18-,19-,20+/m1/s1. The van der Waals surface area contributed by atoms with Crippen LogP contribution in [0.3, 0.4) is 0 Å². The van der Waals surface area contributed by atoms with Crippen molar-refractivity contribution >= 4 is 0 Å². The summed E-state index contributed by atoms with van der Waals surface area (Å²) in [6.07, 6.45) is 6.00. The summed E-state index contributed by atoms with van der Waals surface area (Å²) >= 11 is 0. The topological polar surface area (TPSA) is 40.5 Å². The maximum atomic E-state index is 11.6. The Hall–Kier alpha value is -0.600. The molecule has 3 aliphatic rings. The highest BCUT2D eigenvalue weighted by Gasteiger charge is 2.60. The molecule has 0 aromatic rings. The lowest BCUT2D eigenvalue weighted by Gasteiger charge is -2.53. The molecule has 2 N–H and O–H groups in total. The molecule has 0 saturated heterocycles. The monoisotopic (exact) mass is 304 g/mol. The van der Waals surface area contributed by atoms with Gasteiger partial charge >= 0.3 is 0 Å². The molecule has 0 aromatic heterocycles. The van der Waals surface area contributed by atoms with E-state index in [2.05, 4.69) is 34.3 Å². The fraction of sp³-hybridized carbons (Fsp3) is 0.800. The molecule has 0 radical (unpaired) electrons. The molecular weight excluding hydrogens is 272 g/mol. The second kappa shape index (κ2) is 4.95. The molecule has 2 heteroatoms. The van der Waals surface area contributed by atoms with Gasteiger partial charge in [0.25, 0.3) is 0 Å². The van der Waals surface area contributed by atoms with Crippen LogP contribution in [-0.2, 0) is 0 Å². The van der Waals surface area contributed by atoms with Crippen LogP contribution in [0.1, 0.15) is 72.6 Å². The van der Waals surface area contributed by atoms with Crippen molar-refractivity contribution in [2.45, 2.75) is 84.3 Å². The molecule has 0 heterocycles. The molecule has 2 saturated carbocycles. The molecule has 0 unspecified atom stereocenters. The summed E-state index contributed by atoms with van der Waals surface area (Å²) in [6.45, 7) is 13.2. The number of hydrogen-bond donors (Lipinski definition) is 2. The van der Waals surface area contributed by atoms with E-state index in [9.17, 15) is 10.2 Å². The summed E-state index contributed by atoms with van der Waals surface area (Å²) in [5.74, 6) is 0.590. The highest BCUT2D eigenvalue weighted by Crippen LogP contribution is 2.62. The van der Waals surface area contributed by atoms with Crippen molar-refractivity contribution in [2.75, 3.05) is 0 Å². The van der Waals surface area contributed by atoms with Gasteiger partial charge in [0.2, 0.25) is 0 Å². The van der Waals surface area contributed by atoms with E-state index >= 15 is 0 Å². The van der Waals surface area contributed by atoms with Gasteiger partial charge < -0.3 is 10.2 Å². The van der Waals surface area contributed by atoms with Crippen molar-refractivity contribution in [3.63, 3.8) is 0 Å². The van der Waals surface area contributed by atoms with Crippen LogP contribution in [0.25, 0.3) is 0 Å². The van der Waals surface area contributed by atoms with Gasteiger partial charge in [-0.15, -0.1) is 0 Å². The van der Waals surface area contributed by atoms with Crippen LogP contribution >= 0.6 is 0 Å². The minimum Gasteiger partial charge on any atom is -0.392 e. The van der Waals surface area contributed by atoms with Crippen LogP contribution in [0.15, 0.2) is 23.3 Å². The Morgan fingerprint density at radius 2 is 1.82 bits per heavy atom. The van der Waals surface area contributed by atoms with Gasteiger partial charge in [-0.05, 0) is 61.9 Å². The lowest BCUT2D eigenvalue weighted by atomic mass is 9.56. The van der Waals surface area contributed by atoms with Crippen molar-refractivity contribution in [1.82, 2.24) is 0 Å². The zero-order valence-corrected chi connectivity index (χ0v) is 14.7. The Morgan fingerprint density at radius 3 is 2.45 bits per heavy atom. The van der Waals surface area contributed by atoms with E-state index in [-0.39, 0.29) is 5.41 Å². The Balaban J connectivity index is 2.10. The Morgan fingerprint density at radius 1 is 1.14 bits per heavy atom. The first kappa shape index (κ1) is 16.3. The van der Waals surface area contributed by atoms with Crippen LogP contribution < -0.4 is 0 Å². The zero-order chi connectivity index (χ0) is 16.3. The first-order chi connectivity index (χ1) is 10.1. The molecule has 0 bridgehead atoms. The van der Waals surface area contributed by atoms with Gasteiger partial charge in [0.1, 0.15) is 0 Å². The average molecular weight is 304 g/mol. The Kier molecular flexibility index (Phi) is 3.66. The molecule has 2 nitrogen and oxygen atoms in total. The van der Waals surface area contributed by atoms with E-state index < -0.39 is 17.1 Å². The van der Waals surface area contributed by atoms with E-state index in [0.29, 0.717) is 5.92 Å². The second-order valence-electron chi connectivity index (χ2n) is 8.83. The molecule has 0 aliphatic heterocycles. The molecule has 3 aliphatic carbocycles. The minimum atomic E-state index is -0.923. The quantitative estimate of drug-likeness (QED) is 0.706. The van der Waals surface area contributed by atoms with Gasteiger partial charge in [-0.1, -0.05) is 45.4 Å². The third kappa shape index (κ3) is 1.99. The SMILES string of the molecule is C=C1CC[C@@H](O)[C@@]2(C)CCC3=C(C(C)C)CC[C@]3(C)C[C@]12O. The van der Waals surface area contributed by atoms with Gasteiger partial charge in [0.15, 0.2) is 0 Å². The first-order valence-electron chi connectivity index (χ1n) is 8.95. The number of rotatable bonds is 1. The fourth-order valence-electron chi connectivity index (χ4n) is 5.56. The summed E-state index contributed by atoms with van der Waals surface area (Å²) in [5.41, 5.74) is 2.82. The molecule has 22 heavy (non-hydrogen) atoms. The summed E-state index contributed by atoms with van der Waals surface area (Å²) in [5, 5.41) is 22.3. The Labute approximate surface area is 135 Å². The van der Waals surface area contributed by atoms with E-state index in [4.69, 9.17) is 0 Å². The number of aliphatic hydroxyl groups excluding tert-OH is 1. The number of aliphatic hydroxyl groups is 2. The van der Waals surface area contributed by atoms with E-state index in [1.807, 2.05) is 0 Å². The fourth-order valence-corrected chi connectivity index (χ4v) is 5.56. The summed E-state index contributed by atoms with van der Waals surface area (Å²) < 4.78 is 0. The summed E-state index contributed by atoms with van der Waals surface area (Å²) in [4.78, 5) is 0. The van der Waals surface area contributed by atoms with E-state index in [1.165, 1.54) is 6.42 Å².